The number of hydrogen-bond acceptors (Lipinski definition) is 2. The van der Waals surface area contributed by atoms with E-state index in [1.165, 1.54) is 6.92 Å². The molecule has 72 valence electrons. The Morgan fingerprint density at radius 1 is 1.50 bits per heavy atom. The third-order valence-corrected chi connectivity index (χ3v) is 2.23. The Morgan fingerprint density at radius 3 is 2.67 bits per heavy atom. The molecule has 0 saturated carbocycles. The van der Waals surface area contributed by atoms with Crippen LogP contribution in [-0.2, 0) is 4.79 Å². The van der Waals surface area contributed by atoms with Crippen molar-refractivity contribution in [1.82, 2.24) is 0 Å². The molecule has 0 aromatic rings. The van der Waals surface area contributed by atoms with Gasteiger partial charge in [-0.25, -0.2) is 4.39 Å². The van der Waals surface area contributed by atoms with Gasteiger partial charge in [-0.15, -0.1) is 0 Å². The zero-order valence-electron chi connectivity index (χ0n) is 7.19. The normalized spacial score (nSPS) is 12.9. The average molecular weight is 196 g/mol. The fourth-order valence-electron chi connectivity index (χ4n) is 0.774. The van der Waals surface area contributed by atoms with E-state index in [1.54, 1.807) is 0 Å². The van der Waals surface area contributed by atoms with Gasteiger partial charge < -0.3 is 0 Å². The average Bonchev–Trinajstić information content (AvgIpc) is 2.00. The van der Waals surface area contributed by atoms with Gasteiger partial charge in [0.1, 0.15) is 6.17 Å². The van der Waals surface area contributed by atoms with Crippen LogP contribution in [0.25, 0.3) is 0 Å². The molecule has 12 heavy (non-hydrogen) atoms. The number of halogens is 2. The molecule has 4 heteroatoms. The van der Waals surface area contributed by atoms with E-state index in [4.69, 9.17) is 0 Å². The van der Waals surface area contributed by atoms with Crippen LogP contribution in [0.15, 0.2) is 0 Å². The standard InChI is InChI=1S/C8H14F2OS/c1-7(11)12-6-4-8(10)3-2-5-9/h8H,2-6H2,1H3. The molecule has 0 bridgehead atoms. The van der Waals surface area contributed by atoms with Crippen molar-refractivity contribution in [2.75, 3.05) is 12.4 Å². The van der Waals surface area contributed by atoms with Gasteiger partial charge in [0.15, 0.2) is 5.12 Å². The molecule has 0 fully saturated rings. The molecule has 0 aliphatic rings. The Hall–Kier alpha value is -0.120. The van der Waals surface area contributed by atoms with Crippen LogP contribution in [0.4, 0.5) is 8.78 Å². The van der Waals surface area contributed by atoms with Gasteiger partial charge in [-0.1, -0.05) is 11.8 Å². The molecule has 1 atom stereocenters. The minimum atomic E-state index is -0.951. The van der Waals surface area contributed by atoms with Crippen molar-refractivity contribution in [3.8, 4) is 0 Å². The van der Waals surface area contributed by atoms with Crippen LogP contribution in [0.1, 0.15) is 26.2 Å². The molecule has 0 aromatic carbocycles. The van der Waals surface area contributed by atoms with Crippen molar-refractivity contribution in [3.63, 3.8) is 0 Å². The lowest BCUT2D eigenvalue weighted by Gasteiger charge is -2.04. The van der Waals surface area contributed by atoms with Crippen LogP contribution in [-0.4, -0.2) is 23.7 Å². The second-order valence-corrected chi connectivity index (χ2v) is 3.83. The molecule has 0 aliphatic heterocycles. The highest BCUT2D eigenvalue weighted by atomic mass is 32.2. The summed E-state index contributed by atoms with van der Waals surface area (Å²) < 4.78 is 24.3. The first-order chi connectivity index (χ1) is 5.66. The predicted octanol–water partition coefficient (Wildman–Crippen LogP) is 2.74. The topological polar surface area (TPSA) is 17.1 Å². The number of alkyl halides is 2. The van der Waals surface area contributed by atoms with Crippen LogP contribution >= 0.6 is 11.8 Å². The van der Waals surface area contributed by atoms with Gasteiger partial charge in [-0.3, -0.25) is 9.18 Å². The maximum atomic E-state index is 12.7. The van der Waals surface area contributed by atoms with E-state index in [-0.39, 0.29) is 18.0 Å². The second kappa shape index (κ2) is 7.53. The maximum absolute atomic E-state index is 12.7. The Balaban J connectivity index is 3.19. The number of rotatable bonds is 6. The summed E-state index contributed by atoms with van der Waals surface area (Å²) in [6.45, 7) is 1.000. The molecule has 0 radical (unpaired) electrons. The molecule has 0 heterocycles. The molecule has 1 unspecified atom stereocenters. The van der Waals surface area contributed by atoms with E-state index in [0.29, 0.717) is 12.2 Å². The van der Waals surface area contributed by atoms with Crippen molar-refractivity contribution in [3.05, 3.63) is 0 Å². The molecule has 0 N–H and O–H groups in total. The maximum Gasteiger partial charge on any atom is 0.185 e. The highest BCUT2D eigenvalue weighted by Crippen LogP contribution is 2.12. The van der Waals surface area contributed by atoms with Crippen LogP contribution in [0.2, 0.25) is 0 Å². The van der Waals surface area contributed by atoms with E-state index in [0.717, 1.165) is 11.8 Å². The van der Waals surface area contributed by atoms with Gasteiger partial charge in [-0.05, 0) is 19.3 Å². The summed E-state index contributed by atoms with van der Waals surface area (Å²) in [7, 11) is 0. The summed E-state index contributed by atoms with van der Waals surface area (Å²) in [5, 5.41) is 0.00712. The first kappa shape index (κ1) is 11.9. The highest BCUT2D eigenvalue weighted by Gasteiger charge is 2.06. The minimum absolute atomic E-state index is 0.00712. The van der Waals surface area contributed by atoms with E-state index >= 15 is 0 Å². The van der Waals surface area contributed by atoms with Gasteiger partial charge in [0, 0.05) is 12.7 Å². The molecule has 0 saturated heterocycles. The van der Waals surface area contributed by atoms with Crippen molar-refractivity contribution in [2.45, 2.75) is 32.4 Å². The summed E-state index contributed by atoms with van der Waals surface area (Å²) in [6.07, 6.45) is -0.0434. The van der Waals surface area contributed by atoms with Crippen molar-refractivity contribution >= 4 is 16.9 Å². The van der Waals surface area contributed by atoms with Crippen molar-refractivity contribution in [1.29, 1.82) is 0 Å². The first-order valence-electron chi connectivity index (χ1n) is 4.00. The molecule has 0 aliphatic carbocycles. The zero-order valence-corrected chi connectivity index (χ0v) is 8.00. The van der Waals surface area contributed by atoms with Gasteiger partial charge in [0.25, 0.3) is 0 Å². The highest BCUT2D eigenvalue weighted by molar-refractivity contribution is 8.13. The fourth-order valence-corrected chi connectivity index (χ4v) is 1.43. The molecular formula is C8H14F2OS. The second-order valence-electron chi connectivity index (χ2n) is 2.56. The van der Waals surface area contributed by atoms with Gasteiger partial charge in [0.2, 0.25) is 0 Å². The summed E-state index contributed by atoms with van der Waals surface area (Å²) in [5.74, 6) is 0.503. The SMILES string of the molecule is CC(=O)SCCC(F)CCCF. The quantitative estimate of drug-likeness (QED) is 0.649. The molecule has 0 aromatic heterocycles. The Bertz CT molecular complexity index is 130. The molecular weight excluding hydrogens is 182 g/mol. The number of thioether (sulfide) groups is 1. The monoisotopic (exact) mass is 196 g/mol. The van der Waals surface area contributed by atoms with E-state index in [2.05, 4.69) is 0 Å². The van der Waals surface area contributed by atoms with Crippen LogP contribution < -0.4 is 0 Å². The van der Waals surface area contributed by atoms with Crippen molar-refractivity contribution in [2.24, 2.45) is 0 Å². The van der Waals surface area contributed by atoms with E-state index in [9.17, 15) is 13.6 Å². The van der Waals surface area contributed by atoms with Crippen molar-refractivity contribution < 1.29 is 13.6 Å². The molecule has 0 spiro atoms. The largest absolute Gasteiger partial charge is 0.288 e. The smallest absolute Gasteiger partial charge is 0.185 e. The summed E-state index contributed by atoms with van der Waals surface area (Å²) in [5.41, 5.74) is 0. The number of carbonyl (C=O) groups is 1. The predicted molar refractivity (Wildman–Crippen MR) is 47.9 cm³/mol. The first-order valence-corrected chi connectivity index (χ1v) is 4.98. The lowest BCUT2D eigenvalue weighted by atomic mass is 10.2. The summed E-state index contributed by atoms with van der Waals surface area (Å²) in [6, 6.07) is 0. The van der Waals surface area contributed by atoms with Gasteiger partial charge in [-0.2, -0.15) is 0 Å². The summed E-state index contributed by atoms with van der Waals surface area (Å²) in [4.78, 5) is 10.4. The third-order valence-electron chi connectivity index (χ3n) is 1.39. The van der Waals surface area contributed by atoms with E-state index in [1.807, 2.05) is 0 Å². The lowest BCUT2D eigenvalue weighted by molar-refractivity contribution is -0.109. The van der Waals surface area contributed by atoms with Gasteiger partial charge in [0.05, 0.1) is 6.67 Å². The van der Waals surface area contributed by atoms with E-state index < -0.39 is 12.8 Å². The zero-order chi connectivity index (χ0) is 9.40. The molecule has 0 rings (SSSR count). The third kappa shape index (κ3) is 7.98. The summed E-state index contributed by atoms with van der Waals surface area (Å²) >= 11 is 1.12. The molecule has 0 amide bonds. The number of hydrogen-bond donors (Lipinski definition) is 0. The lowest BCUT2D eigenvalue weighted by Crippen LogP contribution is -2.02. The Morgan fingerprint density at radius 2 is 2.17 bits per heavy atom. The minimum Gasteiger partial charge on any atom is -0.288 e. The van der Waals surface area contributed by atoms with Gasteiger partial charge >= 0.3 is 0 Å². The van der Waals surface area contributed by atoms with Crippen LogP contribution in [0.5, 0.6) is 0 Å². The Labute approximate surface area is 75.9 Å². The van der Waals surface area contributed by atoms with Crippen LogP contribution in [0.3, 0.4) is 0 Å². The fraction of sp³-hybridized carbons (Fsp3) is 0.875. The van der Waals surface area contributed by atoms with Crippen LogP contribution in [0, 0.1) is 0 Å². The number of carbonyl (C=O) groups excluding carboxylic acids is 1. The Kier molecular flexibility index (Phi) is 7.45. The molecule has 1 nitrogen and oxygen atoms in total.